The molecule has 0 bridgehead atoms. The summed E-state index contributed by atoms with van der Waals surface area (Å²) < 4.78 is 0. The van der Waals surface area contributed by atoms with Crippen molar-refractivity contribution < 1.29 is 14.6 Å². The van der Waals surface area contributed by atoms with Crippen molar-refractivity contribution in [2.75, 3.05) is 6.61 Å². The molecule has 0 atom stereocenters. The van der Waals surface area contributed by atoms with E-state index in [0.29, 0.717) is 12.2 Å². The van der Waals surface area contributed by atoms with Crippen LogP contribution in [0.1, 0.15) is 35.7 Å². The number of benzene rings is 1. The molecule has 0 aromatic heterocycles. The van der Waals surface area contributed by atoms with Crippen molar-refractivity contribution in [3.05, 3.63) is 35.4 Å². The monoisotopic (exact) mass is 208 g/mol. The molecule has 0 saturated carbocycles. The number of hydrogen-bond donors (Lipinski definition) is 0. The molecule has 0 aliphatic rings. The van der Waals surface area contributed by atoms with Gasteiger partial charge in [0.25, 0.3) is 0 Å². The Morgan fingerprint density at radius 3 is 2.53 bits per heavy atom. The van der Waals surface area contributed by atoms with E-state index in [1.165, 1.54) is 0 Å². The highest BCUT2D eigenvalue weighted by Crippen LogP contribution is 2.05. The van der Waals surface area contributed by atoms with Crippen LogP contribution in [-0.4, -0.2) is 12.6 Å². The molecule has 0 amide bonds. The molecule has 0 N–H and O–H groups in total. The lowest BCUT2D eigenvalue weighted by Gasteiger charge is -2.02. The molecule has 82 valence electrons. The molecule has 0 aliphatic carbocycles. The quantitative estimate of drug-likeness (QED) is 0.424. The molecule has 3 heteroatoms. The summed E-state index contributed by atoms with van der Waals surface area (Å²) >= 11 is 0. The van der Waals surface area contributed by atoms with E-state index in [2.05, 4.69) is 4.89 Å². The Labute approximate surface area is 89.9 Å². The number of carbonyl (C=O) groups excluding carboxylic acids is 1. The van der Waals surface area contributed by atoms with Crippen molar-refractivity contribution in [1.82, 2.24) is 0 Å². The van der Waals surface area contributed by atoms with Gasteiger partial charge in [0.1, 0.15) is 0 Å². The van der Waals surface area contributed by atoms with E-state index in [9.17, 15) is 4.79 Å². The molecule has 1 aromatic carbocycles. The zero-order valence-electron chi connectivity index (χ0n) is 9.16. The summed E-state index contributed by atoms with van der Waals surface area (Å²) in [6.45, 7) is 4.46. The molecule has 0 radical (unpaired) electrons. The van der Waals surface area contributed by atoms with Crippen molar-refractivity contribution in [1.29, 1.82) is 0 Å². The Morgan fingerprint density at radius 2 is 1.93 bits per heavy atom. The highest BCUT2D eigenvalue weighted by molar-refractivity contribution is 5.88. The maximum absolute atomic E-state index is 11.4. The number of aryl methyl sites for hydroxylation is 1. The van der Waals surface area contributed by atoms with E-state index < -0.39 is 5.97 Å². The van der Waals surface area contributed by atoms with Crippen molar-refractivity contribution in [2.45, 2.75) is 26.7 Å². The lowest BCUT2D eigenvalue weighted by molar-refractivity contribution is -0.241. The van der Waals surface area contributed by atoms with Gasteiger partial charge in [-0.3, -0.25) is 4.89 Å². The SMILES string of the molecule is CCCCOOC(=O)c1ccc(C)cc1. The van der Waals surface area contributed by atoms with Gasteiger partial charge in [0.05, 0.1) is 12.2 Å². The van der Waals surface area contributed by atoms with Gasteiger partial charge in [-0.25, -0.2) is 4.79 Å². The van der Waals surface area contributed by atoms with Gasteiger partial charge < -0.3 is 0 Å². The van der Waals surface area contributed by atoms with E-state index in [1.54, 1.807) is 12.1 Å². The third kappa shape index (κ3) is 4.13. The standard InChI is InChI=1S/C12H16O3/c1-3-4-9-14-15-12(13)11-7-5-10(2)6-8-11/h5-8H,3-4,9H2,1-2H3. The summed E-state index contributed by atoms with van der Waals surface area (Å²) in [5, 5.41) is 0. The minimum absolute atomic E-state index is 0.439. The average Bonchev–Trinajstić information content (AvgIpc) is 2.25. The smallest absolute Gasteiger partial charge is 0.293 e. The van der Waals surface area contributed by atoms with Crippen LogP contribution in [0.15, 0.2) is 24.3 Å². The minimum Gasteiger partial charge on any atom is -0.293 e. The van der Waals surface area contributed by atoms with Gasteiger partial charge in [0.2, 0.25) is 0 Å². The van der Waals surface area contributed by atoms with Crippen molar-refractivity contribution in [3.63, 3.8) is 0 Å². The Kier molecular flexibility index (Phi) is 4.84. The molecule has 0 spiro atoms. The Bertz CT molecular complexity index is 303. The van der Waals surface area contributed by atoms with E-state index >= 15 is 0 Å². The van der Waals surface area contributed by atoms with Crippen LogP contribution in [0.25, 0.3) is 0 Å². The summed E-state index contributed by atoms with van der Waals surface area (Å²) in [6, 6.07) is 7.17. The fourth-order valence-electron chi connectivity index (χ4n) is 1.04. The molecule has 15 heavy (non-hydrogen) atoms. The molecular formula is C12H16O3. The predicted octanol–water partition coefficient (Wildman–Crippen LogP) is 2.88. The first-order valence-electron chi connectivity index (χ1n) is 5.14. The summed E-state index contributed by atoms with van der Waals surface area (Å²) in [5.41, 5.74) is 1.62. The van der Waals surface area contributed by atoms with Crippen molar-refractivity contribution in [3.8, 4) is 0 Å². The van der Waals surface area contributed by atoms with Crippen LogP contribution < -0.4 is 0 Å². The summed E-state index contributed by atoms with van der Waals surface area (Å²) in [7, 11) is 0. The van der Waals surface area contributed by atoms with Crippen LogP contribution in [-0.2, 0) is 9.78 Å². The highest BCUT2D eigenvalue weighted by atomic mass is 17.2. The van der Waals surface area contributed by atoms with Gasteiger partial charge in [0, 0.05) is 0 Å². The van der Waals surface area contributed by atoms with Gasteiger partial charge in [-0.15, -0.1) is 0 Å². The van der Waals surface area contributed by atoms with E-state index in [1.807, 2.05) is 26.0 Å². The third-order valence-electron chi connectivity index (χ3n) is 2.00. The minimum atomic E-state index is -0.439. The zero-order valence-corrected chi connectivity index (χ0v) is 9.16. The molecule has 0 unspecified atom stereocenters. The van der Waals surface area contributed by atoms with Gasteiger partial charge in [-0.05, 0) is 25.5 Å². The Morgan fingerprint density at radius 1 is 1.27 bits per heavy atom. The molecule has 0 fully saturated rings. The molecular weight excluding hydrogens is 192 g/mol. The normalized spacial score (nSPS) is 10.0. The zero-order chi connectivity index (χ0) is 11.1. The molecule has 0 heterocycles. The van der Waals surface area contributed by atoms with Crippen LogP contribution in [0.3, 0.4) is 0 Å². The third-order valence-corrected chi connectivity index (χ3v) is 2.00. The van der Waals surface area contributed by atoms with Gasteiger partial charge in [-0.2, -0.15) is 4.89 Å². The van der Waals surface area contributed by atoms with Gasteiger partial charge >= 0.3 is 5.97 Å². The number of hydrogen-bond acceptors (Lipinski definition) is 3. The molecule has 3 nitrogen and oxygen atoms in total. The topological polar surface area (TPSA) is 35.5 Å². The lowest BCUT2D eigenvalue weighted by Crippen LogP contribution is -2.06. The molecule has 1 aromatic rings. The van der Waals surface area contributed by atoms with Crippen LogP contribution in [0.4, 0.5) is 0 Å². The van der Waals surface area contributed by atoms with Crippen molar-refractivity contribution in [2.24, 2.45) is 0 Å². The molecule has 0 aliphatic heterocycles. The van der Waals surface area contributed by atoms with Gasteiger partial charge in [0.15, 0.2) is 0 Å². The summed E-state index contributed by atoms with van der Waals surface area (Å²) in [6.07, 6.45) is 1.91. The highest BCUT2D eigenvalue weighted by Gasteiger charge is 2.06. The second-order valence-electron chi connectivity index (χ2n) is 3.41. The lowest BCUT2D eigenvalue weighted by atomic mass is 10.2. The first-order valence-corrected chi connectivity index (χ1v) is 5.14. The maximum Gasteiger partial charge on any atom is 0.373 e. The van der Waals surface area contributed by atoms with Gasteiger partial charge in [-0.1, -0.05) is 31.0 Å². The largest absolute Gasteiger partial charge is 0.373 e. The number of unbranched alkanes of at least 4 members (excludes halogenated alkanes) is 1. The van der Waals surface area contributed by atoms with Crippen LogP contribution >= 0.6 is 0 Å². The van der Waals surface area contributed by atoms with E-state index in [-0.39, 0.29) is 0 Å². The van der Waals surface area contributed by atoms with Crippen molar-refractivity contribution >= 4 is 5.97 Å². The second-order valence-corrected chi connectivity index (χ2v) is 3.41. The first kappa shape index (κ1) is 11.7. The summed E-state index contributed by atoms with van der Waals surface area (Å²) in [5.74, 6) is -0.439. The van der Waals surface area contributed by atoms with E-state index in [0.717, 1.165) is 18.4 Å². The predicted molar refractivity (Wildman–Crippen MR) is 57.5 cm³/mol. The fourth-order valence-corrected chi connectivity index (χ4v) is 1.04. The van der Waals surface area contributed by atoms with Crippen LogP contribution in [0, 0.1) is 6.92 Å². The fraction of sp³-hybridized carbons (Fsp3) is 0.417. The van der Waals surface area contributed by atoms with E-state index in [4.69, 9.17) is 4.89 Å². The maximum atomic E-state index is 11.4. The summed E-state index contributed by atoms with van der Waals surface area (Å²) in [4.78, 5) is 20.8. The Balaban J connectivity index is 2.37. The number of rotatable bonds is 5. The Hall–Kier alpha value is -1.35. The van der Waals surface area contributed by atoms with Crippen LogP contribution in [0.2, 0.25) is 0 Å². The van der Waals surface area contributed by atoms with Crippen LogP contribution in [0.5, 0.6) is 0 Å². The first-order chi connectivity index (χ1) is 7.24. The molecule has 1 rings (SSSR count). The average molecular weight is 208 g/mol. The molecule has 0 saturated heterocycles. The second kappa shape index (κ2) is 6.19. The number of carbonyl (C=O) groups is 1.